The number of rotatable bonds is 2. The summed E-state index contributed by atoms with van der Waals surface area (Å²) in [6.45, 7) is 0. The van der Waals surface area contributed by atoms with Gasteiger partial charge in [-0.25, -0.2) is 4.39 Å². The first kappa shape index (κ1) is 12.7. The van der Waals surface area contributed by atoms with E-state index < -0.39 is 0 Å². The van der Waals surface area contributed by atoms with E-state index in [1.165, 1.54) is 6.07 Å². The smallest absolute Gasteiger partial charge is 0.131 e. The van der Waals surface area contributed by atoms with Gasteiger partial charge in [-0.05, 0) is 23.8 Å². The van der Waals surface area contributed by atoms with Gasteiger partial charge in [-0.2, -0.15) is 0 Å². The third kappa shape index (κ3) is 2.57. The lowest BCUT2D eigenvalue weighted by molar-refractivity contribution is 0.631. The summed E-state index contributed by atoms with van der Waals surface area (Å²) < 4.78 is 13.8. The molecule has 0 amide bonds. The molecule has 2 aromatic carbocycles. The van der Waals surface area contributed by atoms with Crippen LogP contribution in [-0.2, 0) is 5.88 Å². The van der Waals surface area contributed by atoms with Gasteiger partial charge < -0.3 is 0 Å². The molecule has 0 bridgehead atoms. The molecular formula is C13H8Cl3F. The molecule has 0 aliphatic rings. The van der Waals surface area contributed by atoms with E-state index in [4.69, 9.17) is 34.8 Å². The Labute approximate surface area is 114 Å². The molecule has 0 spiro atoms. The average Bonchev–Trinajstić information content (AvgIpc) is 2.34. The maximum atomic E-state index is 13.8. The highest BCUT2D eigenvalue weighted by Crippen LogP contribution is 2.35. The van der Waals surface area contributed by atoms with Gasteiger partial charge in [0.2, 0.25) is 0 Å². The lowest BCUT2D eigenvalue weighted by atomic mass is 10.0. The number of hydrogen-bond acceptors (Lipinski definition) is 0. The fourth-order valence-electron chi connectivity index (χ4n) is 1.57. The molecule has 88 valence electrons. The van der Waals surface area contributed by atoms with E-state index >= 15 is 0 Å². The molecule has 0 saturated carbocycles. The van der Waals surface area contributed by atoms with Crippen molar-refractivity contribution in [3.8, 4) is 11.1 Å². The van der Waals surface area contributed by atoms with Crippen molar-refractivity contribution in [3.63, 3.8) is 0 Å². The predicted octanol–water partition coefficient (Wildman–Crippen LogP) is 5.54. The summed E-state index contributed by atoms with van der Waals surface area (Å²) in [6, 6.07) is 9.83. The van der Waals surface area contributed by atoms with Crippen LogP contribution >= 0.6 is 34.8 Å². The minimum atomic E-state index is -0.344. The van der Waals surface area contributed by atoms with Crippen LogP contribution in [0.25, 0.3) is 11.1 Å². The molecule has 0 aliphatic carbocycles. The highest BCUT2D eigenvalue weighted by atomic mass is 35.5. The molecule has 0 nitrogen and oxygen atoms in total. The van der Waals surface area contributed by atoms with Crippen LogP contribution in [0.1, 0.15) is 5.56 Å². The SMILES string of the molecule is Fc1ccc(CCl)cc1-c1cccc(Cl)c1Cl. The summed E-state index contributed by atoms with van der Waals surface area (Å²) in [6.07, 6.45) is 0. The van der Waals surface area contributed by atoms with Crippen LogP contribution in [0.3, 0.4) is 0 Å². The summed E-state index contributed by atoms with van der Waals surface area (Å²) in [5.74, 6) is -0.0195. The molecule has 0 aromatic heterocycles. The van der Waals surface area contributed by atoms with Crippen molar-refractivity contribution in [2.24, 2.45) is 0 Å². The third-order valence-electron chi connectivity index (χ3n) is 2.43. The van der Waals surface area contributed by atoms with Gasteiger partial charge in [0.15, 0.2) is 0 Å². The Morgan fingerprint density at radius 2 is 1.76 bits per heavy atom. The highest BCUT2D eigenvalue weighted by Gasteiger charge is 2.11. The van der Waals surface area contributed by atoms with Gasteiger partial charge in [-0.15, -0.1) is 11.6 Å². The summed E-state index contributed by atoms with van der Waals surface area (Å²) in [4.78, 5) is 0. The van der Waals surface area contributed by atoms with E-state index in [0.29, 0.717) is 27.1 Å². The van der Waals surface area contributed by atoms with Gasteiger partial charge in [0.25, 0.3) is 0 Å². The Balaban J connectivity index is 2.63. The Bertz CT molecular complexity index is 552. The Kier molecular flexibility index (Phi) is 3.93. The second-order valence-electron chi connectivity index (χ2n) is 3.55. The Morgan fingerprint density at radius 3 is 2.47 bits per heavy atom. The third-order valence-corrected chi connectivity index (χ3v) is 3.55. The van der Waals surface area contributed by atoms with Crippen LogP contribution in [0, 0.1) is 5.82 Å². The van der Waals surface area contributed by atoms with Crippen LogP contribution in [0.2, 0.25) is 10.0 Å². The molecule has 0 unspecified atom stereocenters. The first-order valence-electron chi connectivity index (χ1n) is 4.92. The predicted molar refractivity (Wildman–Crippen MR) is 71.4 cm³/mol. The molecule has 0 saturated heterocycles. The van der Waals surface area contributed by atoms with Gasteiger partial charge in [0.05, 0.1) is 10.0 Å². The van der Waals surface area contributed by atoms with Crippen molar-refractivity contribution in [2.45, 2.75) is 5.88 Å². The van der Waals surface area contributed by atoms with E-state index in [2.05, 4.69) is 0 Å². The summed E-state index contributed by atoms with van der Waals surface area (Å²) in [5, 5.41) is 0.750. The van der Waals surface area contributed by atoms with Crippen molar-refractivity contribution in [3.05, 3.63) is 57.8 Å². The maximum Gasteiger partial charge on any atom is 0.131 e. The molecule has 0 radical (unpaired) electrons. The van der Waals surface area contributed by atoms with Gasteiger partial charge in [0, 0.05) is 17.0 Å². The van der Waals surface area contributed by atoms with Crippen molar-refractivity contribution < 1.29 is 4.39 Å². The first-order chi connectivity index (χ1) is 8.13. The van der Waals surface area contributed by atoms with Crippen molar-refractivity contribution in [1.29, 1.82) is 0 Å². The van der Waals surface area contributed by atoms with E-state index in [-0.39, 0.29) is 5.82 Å². The maximum absolute atomic E-state index is 13.8. The van der Waals surface area contributed by atoms with Crippen LogP contribution in [0.4, 0.5) is 4.39 Å². The molecule has 0 N–H and O–H groups in total. The minimum Gasteiger partial charge on any atom is -0.206 e. The van der Waals surface area contributed by atoms with Crippen LogP contribution in [-0.4, -0.2) is 0 Å². The molecule has 4 heteroatoms. The number of benzene rings is 2. The minimum absolute atomic E-state index is 0.325. The average molecular weight is 290 g/mol. The molecule has 2 aromatic rings. The quantitative estimate of drug-likeness (QED) is 0.637. The summed E-state index contributed by atoms with van der Waals surface area (Å²) >= 11 is 17.7. The molecule has 0 atom stereocenters. The molecule has 17 heavy (non-hydrogen) atoms. The normalized spacial score (nSPS) is 10.6. The van der Waals surface area contributed by atoms with Gasteiger partial charge in [0.1, 0.15) is 5.82 Å². The van der Waals surface area contributed by atoms with Crippen LogP contribution in [0.15, 0.2) is 36.4 Å². The zero-order chi connectivity index (χ0) is 12.4. The topological polar surface area (TPSA) is 0 Å². The molecule has 0 fully saturated rings. The fourth-order valence-corrected chi connectivity index (χ4v) is 2.14. The second-order valence-corrected chi connectivity index (χ2v) is 4.60. The monoisotopic (exact) mass is 288 g/mol. The van der Waals surface area contributed by atoms with E-state index in [1.807, 2.05) is 0 Å². The van der Waals surface area contributed by atoms with Gasteiger partial charge in [-0.1, -0.05) is 41.4 Å². The van der Waals surface area contributed by atoms with Crippen molar-refractivity contribution in [2.75, 3.05) is 0 Å². The summed E-state index contributed by atoms with van der Waals surface area (Å²) in [7, 11) is 0. The number of halogens is 4. The lowest BCUT2D eigenvalue weighted by Crippen LogP contribution is -1.88. The Hall–Kier alpha value is -0.760. The van der Waals surface area contributed by atoms with Crippen LogP contribution < -0.4 is 0 Å². The molecule has 2 rings (SSSR count). The molecular weight excluding hydrogens is 282 g/mol. The van der Waals surface area contributed by atoms with Crippen molar-refractivity contribution >= 4 is 34.8 Å². The Morgan fingerprint density at radius 1 is 1.00 bits per heavy atom. The highest BCUT2D eigenvalue weighted by molar-refractivity contribution is 6.43. The van der Waals surface area contributed by atoms with E-state index in [0.717, 1.165) is 5.56 Å². The van der Waals surface area contributed by atoms with Gasteiger partial charge in [-0.3, -0.25) is 0 Å². The summed E-state index contributed by atoms with van der Waals surface area (Å²) in [5.41, 5.74) is 1.82. The zero-order valence-corrected chi connectivity index (χ0v) is 11.0. The number of alkyl halides is 1. The zero-order valence-electron chi connectivity index (χ0n) is 8.68. The van der Waals surface area contributed by atoms with Crippen molar-refractivity contribution in [1.82, 2.24) is 0 Å². The number of hydrogen-bond donors (Lipinski definition) is 0. The van der Waals surface area contributed by atoms with E-state index in [1.54, 1.807) is 30.3 Å². The largest absolute Gasteiger partial charge is 0.206 e. The standard InChI is InChI=1S/C13H8Cl3F/c14-7-8-4-5-12(17)10(6-8)9-2-1-3-11(15)13(9)16/h1-6H,7H2. The fraction of sp³-hybridized carbons (Fsp3) is 0.0769. The van der Waals surface area contributed by atoms with E-state index in [9.17, 15) is 4.39 Å². The second kappa shape index (κ2) is 5.26. The first-order valence-corrected chi connectivity index (χ1v) is 6.21. The molecule has 0 aliphatic heterocycles. The molecule has 0 heterocycles. The van der Waals surface area contributed by atoms with Crippen LogP contribution in [0.5, 0.6) is 0 Å². The lowest BCUT2D eigenvalue weighted by Gasteiger charge is -2.08. The van der Waals surface area contributed by atoms with Gasteiger partial charge >= 0.3 is 0 Å².